The zero-order valence-electron chi connectivity index (χ0n) is 15.8. The first-order chi connectivity index (χ1) is 13.8. The van der Waals surface area contributed by atoms with Gasteiger partial charge >= 0.3 is 0 Å². The maximum atomic E-state index is 5.44. The normalized spacial score (nSPS) is 15.5. The highest BCUT2D eigenvalue weighted by molar-refractivity contribution is 7.24. The average Bonchev–Trinajstić information content (AvgIpc) is 3.30. The molecule has 0 aliphatic carbocycles. The van der Waals surface area contributed by atoms with Gasteiger partial charge in [-0.05, 0) is 41.8 Å². The van der Waals surface area contributed by atoms with Gasteiger partial charge in [-0.1, -0.05) is 41.7 Å². The lowest BCUT2D eigenvalue weighted by Gasteiger charge is -2.26. The SMILES string of the molecule is CCc1ccc2nc(Nc3nc4ccc(CN5CCOCC5)cc4s3)sc2c1. The lowest BCUT2D eigenvalue weighted by atomic mass is 10.2. The van der Waals surface area contributed by atoms with Crippen LogP contribution >= 0.6 is 22.7 Å². The van der Waals surface area contributed by atoms with Gasteiger partial charge in [0.25, 0.3) is 0 Å². The van der Waals surface area contributed by atoms with Gasteiger partial charge in [-0.2, -0.15) is 0 Å². The van der Waals surface area contributed by atoms with Gasteiger partial charge < -0.3 is 10.1 Å². The van der Waals surface area contributed by atoms with Crippen LogP contribution in [0.3, 0.4) is 0 Å². The lowest BCUT2D eigenvalue weighted by Crippen LogP contribution is -2.35. The number of rotatable bonds is 5. The van der Waals surface area contributed by atoms with E-state index in [4.69, 9.17) is 14.7 Å². The minimum absolute atomic E-state index is 0.832. The van der Waals surface area contributed by atoms with Gasteiger partial charge in [-0.3, -0.25) is 4.90 Å². The average molecular weight is 411 g/mol. The van der Waals surface area contributed by atoms with Crippen molar-refractivity contribution in [2.45, 2.75) is 19.9 Å². The highest BCUT2D eigenvalue weighted by Gasteiger charge is 2.13. The van der Waals surface area contributed by atoms with Crippen LogP contribution in [0.5, 0.6) is 0 Å². The third-order valence-corrected chi connectivity index (χ3v) is 6.90. The minimum atomic E-state index is 0.832. The molecular weight excluding hydrogens is 388 g/mol. The van der Waals surface area contributed by atoms with Crippen LogP contribution in [0.4, 0.5) is 10.3 Å². The summed E-state index contributed by atoms with van der Waals surface area (Å²) in [6.07, 6.45) is 1.04. The molecule has 0 spiro atoms. The summed E-state index contributed by atoms with van der Waals surface area (Å²) in [5, 5.41) is 5.20. The van der Waals surface area contributed by atoms with Crippen molar-refractivity contribution in [3.8, 4) is 0 Å². The summed E-state index contributed by atoms with van der Waals surface area (Å²) in [6, 6.07) is 13.1. The summed E-state index contributed by atoms with van der Waals surface area (Å²) in [4.78, 5) is 11.9. The monoisotopic (exact) mass is 410 g/mol. The second-order valence-electron chi connectivity index (χ2n) is 7.01. The molecule has 4 aromatic rings. The van der Waals surface area contributed by atoms with Crippen LogP contribution in [0, 0.1) is 0 Å². The van der Waals surface area contributed by atoms with E-state index in [0.29, 0.717) is 0 Å². The standard InChI is InChI=1S/C21H22N4OS2/c1-2-14-3-5-16-18(11-14)27-20(22-16)24-21-23-17-6-4-15(12-19(17)28-21)13-25-7-9-26-10-8-25/h3-6,11-12H,2,7-10,13H2,1H3,(H,22,23,24). The zero-order valence-corrected chi connectivity index (χ0v) is 17.4. The van der Waals surface area contributed by atoms with Crippen LogP contribution in [0.15, 0.2) is 36.4 Å². The number of thiazole rings is 2. The van der Waals surface area contributed by atoms with Gasteiger partial charge in [0.1, 0.15) is 0 Å². The number of aryl methyl sites for hydroxylation is 1. The Morgan fingerprint density at radius 3 is 2.18 bits per heavy atom. The fourth-order valence-electron chi connectivity index (χ4n) is 3.47. The quantitative estimate of drug-likeness (QED) is 0.499. The molecule has 2 aromatic carbocycles. The van der Waals surface area contributed by atoms with Gasteiger partial charge in [0.15, 0.2) is 10.3 Å². The molecule has 0 radical (unpaired) electrons. The molecule has 5 nitrogen and oxygen atoms in total. The summed E-state index contributed by atoms with van der Waals surface area (Å²) in [5.41, 5.74) is 4.75. The smallest absolute Gasteiger partial charge is 0.190 e. The molecule has 7 heteroatoms. The Labute approximate surface area is 172 Å². The van der Waals surface area contributed by atoms with E-state index in [1.807, 2.05) is 0 Å². The number of hydrogen-bond acceptors (Lipinski definition) is 7. The second kappa shape index (κ2) is 7.75. The number of aromatic nitrogens is 2. The maximum Gasteiger partial charge on any atom is 0.190 e. The molecule has 1 N–H and O–H groups in total. The van der Waals surface area contributed by atoms with Crippen molar-refractivity contribution in [1.82, 2.24) is 14.9 Å². The van der Waals surface area contributed by atoms with E-state index in [2.05, 4.69) is 53.5 Å². The summed E-state index contributed by atoms with van der Waals surface area (Å²) in [6.45, 7) is 6.82. The number of benzene rings is 2. The molecule has 1 aliphatic heterocycles. The van der Waals surface area contributed by atoms with Crippen molar-refractivity contribution >= 4 is 53.4 Å². The fourth-order valence-corrected chi connectivity index (χ4v) is 5.39. The van der Waals surface area contributed by atoms with E-state index >= 15 is 0 Å². The van der Waals surface area contributed by atoms with Crippen molar-refractivity contribution in [3.63, 3.8) is 0 Å². The predicted molar refractivity (Wildman–Crippen MR) is 118 cm³/mol. The third-order valence-electron chi connectivity index (χ3n) is 5.04. The largest absolute Gasteiger partial charge is 0.379 e. The van der Waals surface area contributed by atoms with Gasteiger partial charge in [0.2, 0.25) is 0 Å². The number of nitrogens with one attached hydrogen (secondary N) is 1. The molecule has 144 valence electrons. The molecule has 1 fully saturated rings. The van der Waals surface area contributed by atoms with E-state index in [1.54, 1.807) is 22.7 Å². The van der Waals surface area contributed by atoms with Gasteiger partial charge in [0, 0.05) is 19.6 Å². The molecule has 2 aromatic heterocycles. The Hall–Kier alpha value is -2.06. The van der Waals surface area contributed by atoms with Crippen LogP contribution in [0.25, 0.3) is 20.4 Å². The molecule has 0 bridgehead atoms. The Morgan fingerprint density at radius 1 is 0.929 bits per heavy atom. The van der Waals surface area contributed by atoms with Crippen LogP contribution in [0.2, 0.25) is 0 Å². The van der Waals surface area contributed by atoms with Crippen molar-refractivity contribution in [1.29, 1.82) is 0 Å². The summed E-state index contributed by atoms with van der Waals surface area (Å²) >= 11 is 3.37. The van der Waals surface area contributed by atoms with E-state index in [-0.39, 0.29) is 0 Å². The number of anilines is 2. The number of hydrogen-bond donors (Lipinski definition) is 1. The molecule has 1 saturated heterocycles. The topological polar surface area (TPSA) is 50.3 Å². The highest BCUT2D eigenvalue weighted by Crippen LogP contribution is 2.33. The third kappa shape index (κ3) is 3.75. The second-order valence-corrected chi connectivity index (χ2v) is 9.07. The molecule has 1 aliphatic rings. The minimum Gasteiger partial charge on any atom is -0.379 e. The van der Waals surface area contributed by atoms with E-state index in [1.165, 1.54) is 20.5 Å². The van der Waals surface area contributed by atoms with E-state index < -0.39 is 0 Å². The number of fused-ring (bicyclic) bond motifs is 2. The lowest BCUT2D eigenvalue weighted by molar-refractivity contribution is 0.0342. The molecule has 28 heavy (non-hydrogen) atoms. The predicted octanol–water partition coefficient (Wildman–Crippen LogP) is 5.04. The first kappa shape index (κ1) is 18.0. The van der Waals surface area contributed by atoms with Crippen LogP contribution in [-0.2, 0) is 17.7 Å². The highest BCUT2D eigenvalue weighted by atomic mass is 32.1. The fraction of sp³-hybridized carbons (Fsp3) is 0.333. The molecule has 0 unspecified atom stereocenters. The van der Waals surface area contributed by atoms with Crippen LogP contribution < -0.4 is 5.32 Å². The summed E-state index contributed by atoms with van der Waals surface area (Å²) in [5.74, 6) is 0. The molecule has 3 heterocycles. The number of morpholine rings is 1. The number of ether oxygens (including phenoxy) is 1. The molecule has 0 saturated carbocycles. The molecule has 5 rings (SSSR count). The Balaban J connectivity index is 1.35. The summed E-state index contributed by atoms with van der Waals surface area (Å²) < 4.78 is 7.87. The Kier molecular flexibility index (Phi) is 4.98. The van der Waals surface area contributed by atoms with E-state index in [9.17, 15) is 0 Å². The van der Waals surface area contributed by atoms with Crippen molar-refractivity contribution in [2.75, 3.05) is 31.6 Å². The molecular formula is C21H22N4OS2. The van der Waals surface area contributed by atoms with Crippen LogP contribution in [0.1, 0.15) is 18.1 Å². The first-order valence-corrected chi connectivity index (χ1v) is 11.3. The maximum absolute atomic E-state index is 5.44. The summed E-state index contributed by atoms with van der Waals surface area (Å²) in [7, 11) is 0. The van der Waals surface area contributed by atoms with Gasteiger partial charge in [0.05, 0.1) is 33.6 Å². The Bertz CT molecular complexity index is 1110. The van der Waals surface area contributed by atoms with Crippen LogP contribution in [-0.4, -0.2) is 41.2 Å². The van der Waals surface area contributed by atoms with E-state index in [0.717, 1.165) is 60.6 Å². The molecule has 0 amide bonds. The zero-order chi connectivity index (χ0) is 18.9. The van der Waals surface area contributed by atoms with Gasteiger partial charge in [-0.15, -0.1) is 0 Å². The number of nitrogens with zero attached hydrogens (tertiary/aromatic N) is 3. The van der Waals surface area contributed by atoms with Crippen molar-refractivity contribution in [3.05, 3.63) is 47.5 Å². The Morgan fingerprint density at radius 2 is 1.54 bits per heavy atom. The van der Waals surface area contributed by atoms with Gasteiger partial charge in [-0.25, -0.2) is 9.97 Å². The van der Waals surface area contributed by atoms with Crippen molar-refractivity contribution < 1.29 is 4.74 Å². The molecule has 0 atom stereocenters. The first-order valence-electron chi connectivity index (χ1n) is 9.63. The van der Waals surface area contributed by atoms with Crippen molar-refractivity contribution in [2.24, 2.45) is 0 Å².